The van der Waals surface area contributed by atoms with Crippen LogP contribution in [0.1, 0.15) is 17.7 Å². The second kappa shape index (κ2) is 8.68. The average Bonchev–Trinajstić information content (AvgIpc) is 3.09. The largest absolute Gasteiger partial charge is 0.490 e. The summed E-state index contributed by atoms with van der Waals surface area (Å²) in [5.74, 6) is 2.73. The quantitative estimate of drug-likeness (QED) is 0.516. The lowest BCUT2D eigenvalue weighted by Gasteiger charge is -2.13. The number of benzene rings is 2. The molecule has 0 saturated heterocycles. The third-order valence-corrected chi connectivity index (χ3v) is 4.52. The van der Waals surface area contributed by atoms with Gasteiger partial charge in [-0.2, -0.15) is 0 Å². The van der Waals surface area contributed by atoms with E-state index in [4.69, 9.17) is 13.9 Å². The van der Waals surface area contributed by atoms with E-state index in [9.17, 15) is 0 Å². The minimum atomic E-state index is 0.486. The fourth-order valence-electron chi connectivity index (χ4n) is 2.95. The maximum Gasteiger partial charge on any atom is 0.226 e. The Hall–Kier alpha value is -3.48. The molecule has 1 aliphatic heterocycles. The molecule has 2 heterocycles. The first-order valence-corrected chi connectivity index (χ1v) is 9.60. The number of nitrogens with one attached hydrogen (secondary N) is 2. The van der Waals surface area contributed by atoms with E-state index in [0.717, 1.165) is 34.9 Å². The highest BCUT2D eigenvalue weighted by Crippen LogP contribution is 2.32. The van der Waals surface area contributed by atoms with E-state index >= 15 is 0 Å². The monoisotopic (exact) mass is 392 g/mol. The molecule has 0 bridgehead atoms. The zero-order chi connectivity index (χ0) is 20.1. The number of rotatable bonds is 4. The molecule has 7 nitrogen and oxygen atoms in total. The van der Waals surface area contributed by atoms with Gasteiger partial charge in [-0.1, -0.05) is 17.7 Å². The highest BCUT2D eigenvalue weighted by atomic mass is 16.5. The van der Waals surface area contributed by atoms with Crippen molar-refractivity contribution < 1.29 is 13.9 Å². The van der Waals surface area contributed by atoms with Crippen LogP contribution in [0, 0.1) is 6.92 Å². The number of aliphatic imine (C=N–C) groups is 1. The van der Waals surface area contributed by atoms with Crippen molar-refractivity contribution in [2.24, 2.45) is 4.99 Å². The summed E-state index contributed by atoms with van der Waals surface area (Å²) in [5.41, 5.74) is 3.81. The molecule has 1 aliphatic rings. The average molecular weight is 392 g/mol. The molecule has 2 N–H and O–H groups in total. The maximum atomic E-state index is 5.74. The van der Waals surface area contributed by atoms with Crippen molar-refractivity contribution in [3.8, 4) is 23.0 Å². The molecule has 0 saturated carbocycles. The number of hydrogen-bond acceptors (Lipinski definition) is 5. The van der Waals surface area contributed by atoms with Crippen molar-refractivity contribution in [3.05, 3.63) is 60.0 Å². The van der Waals surface area contributed by atoms with E-state index in [2.05, 4.69) is 27.5 Å². The molecule has 2 aromatic carbocycles. The number of oxazole rings is 1. The minimum Gasteiger partial charge on any atom is -0.490 e. The lowest BCUT2D eigenvalue weighted by atomic mass is 10.1. The Balaban J connectivity index is 1.38. The van der Waals surface area contributed by atoms with Crippen molar-refractivity contribution >= 4 is 11.6 Å². The van der Waals surface area contributed by atoms with E-state index in [0.29, 0.717) is 31.6 Å². The molecular formula is C22H24N4O3. The van der Waals surface area contributed by atoms with Gasteiger partial charge < -0.3 is 24.5 Å². The van der Waals surface area contributed by atoms with Gasteiger partial charge in [-0.15, -0.1) is 0 Å². The smallest absolute Gasteiger partial charge is 0.226 e. The lowest BCUT2D eigenvalue weighted by molar-refractivity contribution is 0.297. The summed E-state index contributed by atoms with van der Waals surface area (Å²) in [7, 11) is 1.72. The number of aromatic nitrogens is 1. The van der Waals surface area contributed by atoms with Crippen LogP contribution in [-0.2, 0) is 6.54 Å². The normalized spacial score (nSPS) is 13.7. The van der Waals surface area contributed by atoms with E-state index in [1.54, 1.807) is 13.3 Å². The van der Waals surface area contributed by atoms with Crippen LogP contribution in [0.5, 0.6) is 11.5 Å². The molecule has 0 amide bonds. The van der Waals surface area contributed by atoms with E-state index in [1.165, 1.54) is 5.56 Å². The highest BCUT2D eigenvalue weighted by molar-refractivity contribution is 5.93. The van der Waals surface area contributed by atoms with Crippen molar-refractivity contribution in [2.45, 2.75) is 19.9 Å². The standard InChI is InChI=1S/C22H24N4O3/c1-15-4-6-16(7-5-15)21-25-18(14-29-21)13-24-22(23-2)26-17-8-9-19-20(12-17)28-11-3-10-27-19/h4-9,12,14H,3,10-11,13H2,1-2H3,(H2,23,24,26). The Morgan fingerprint density at radius 1 is 1.07 bits per heavy atom. The third-order valence-electron chi connectivity index (χ3n) is 4.52. The van der Waals surface area contributed by atoms with Crippen molar-refractivity contribution in [1.29, 1.82) is 0 Å². The Labute approximate surface area is 169 Å². The number of aryl methyl sites for hydroxylation is 1. The zero-order valence-electron chi connectivity index (χ0n) is 16.6. The predicted octanol–water partition coefficient (Wildman–Crippen LogP) is 4.00. The van der Waals surface area contributed by atoms with Gasteiger partial charge in [0.15, 0.2) is 17.5 Å². The van der Waals surface area contributed by atoms with Crippen LogP contribution in [0.4, 0.5) is 5.69 Å². The predicted molar refractivity (Wildman–Crippen MR) is 113 cm³/mol. The SMILES string of the molecule is CN=C(NCc1coc(-c2ccc(C)cc2)n1)Nc1ccc2c(c1)OCCCO2. The first kappa shape index (κ1) is 18.9. The van der Waals surface area contributed by atoms with E-state index in [-0.39, 0.29) is 0 Å². The summed E-state index contributed by atoms with van der Waals surface area (Å²) in [4.78, 5) is 8.81. The number of guanidine groups is 1. The van der Waals surface area contributed by atoms with Crippen LogP contribution in [0.25, 0.3) is 11.5 Å². The fourth-order valence-corrected chi connectivity index (χ4v) is 2.95. The topological polar surface area (TPSA) is 80.9 Å². The zero-order valence-corrected chi connectivity index (χ0v) is 16.6. The summed E-state index contributed by atoms with van der Waals surface area (Å²) in [6, 6.07) is 13.8. The first-order chi connectivity index (χ1) is 14.2. The van der Waals surface area contributed by atoms with E-state index < -0.39 is 0 Å². The Morgan fingerprint density at radius 3 is 2.66 bits per heavy atom. The molecule has 0 aliphatic carbocycles. The van der Waals surface area contributed by atoms with Crippen LogP contribution in [0.15, 0.2) is 58.1 Å². The van der Waals surface area contributed by atoms with Crippen LogP contribution in [-0.4, -0.2) is 31.2 Å². The maximum absolute atomic E-state index is 5.74. The molecule has 0 radical (unpaired) electrons. The molecule has 4 rings (SSSR count). The van der Waals surface area contributed by atoms with Crippen LogP contribution in [0.2, 0.25) is 0 Å². The van der Waals surface area contributed by atoms with Crippen LogP contribution < -0.4 is 20.1 Å². The lowest BCUT2D eigenvalue weighted by Crippen LogP contribution is -2.30. The molecule has 150 valence electrons. The number of anilines is 1. The molecule has 0 spiro atoms. The molecule has 0 unspecified atom stereocenters. The summed E-state index contributed by atoms with van der Waals surface area (Å²) in [6.07, 6.45) is 2.53. The molecule has 7 heteroatoms. The van der Waals surface area contributed by atoms with Crippen LogP contribution >= 0.6 is 0 Å². The minimum absolute atomic E-state index is 0.486. The van der Waals surface area contributed by atoms with E-state index in [1.807, 2.05) is 42.5 Å². The van der Waals surface area contributed by atoms with Gasteiger partial charge in [0.1, 0.15) is 6.26 Å². The number of ether oxygens (including phenoxy) is 2. The van der Waals surface area contributed by atoms with Gasteiger partial charge >= 0.3 is 0 Å². The summed E-state index contributed by atoms with van der Waals surface area (Å²) in [6.45, 7) is 3.86. The van der Waals surface area contributed by atoms with Gasteiger partial charge in [0.2, 0.25) is 5.89 Å². The summed E-state index contributed by atoms with van der Waals surface area (Å²) < 4.78 is 17.0. The van der Waals surface area contributed by atoms with Gasteiger partial charge in [0.25, 0.3) is 0 Å². The molecule has 29 heavy (non-hydrogen) atoms. The number of hydrogen-bond donors (Lipinski definition) is 2. The van der Waals surface area contributed by atoms with Gasteiger partial charge in [-0.05, 0) is 31.2 Å². The van der Waals surface area contributed by atoms with Gasteiger partial charge in [0, 0.05) is 30.8 Å². The fraction of sp³-hybridized carbons (Fsp3) is 0.273. The van der Waals surface area contributed by atoms with Gasteiger partial charge in [0.05, 0.1) is 25.5 Å². The first-order valence-electron chi connectivity index (χ1n) is 9.60. The molecule has 0 atom stereocenters. The summed E-state index contributed by atoms with van der Waals surface area (Å²) in [5, 5.41) is 6.50. The molecule has 0 fully saturated rings. The highest BCUT2D eigenvalue weighted by Gasteiger charge is 2.12. The number of fused-ring (bicyclic) bond motifs is 1. The Bertz CT molecular complexity index is 996. The van der Waals surface area contributed by atoms with Crippen LogP contribution in [0.3, 0.4) is 0 Å². The number of nitrogens with zero attached hydrogens (tertiary/aromatic N) is 2. The summed E-state index contributed by atoms with van der Waals surface area (Å²) >= 11 is 0. The molecule has 3 aromatic rings. The van der Waals surface area contributed by atoms with Crippen molar-refractivity contribution in [3.63, 3.8) is 0 Å². The third kappa shape index (κ3) is 4.68. The second-order valence-corrected chi connectivity index (χ2v) is 6.77. The van der Waals surface area contributed by atoms with Gasteiger partial charge in [-0.25, -0.2) is 4.98 Å². The van der Waals surface area contributed by atoms with Gasteiger partial charge in [-0.3, -0.25) is 4.99 Å². The Morgan fingerprint density at radius 2 is 1.86 bits per heavy atom. The molecule has 1 aromatic heterocycles. The van der Waals surface area contributed by atoms with Crippen molar-refractivity contribution in [2.75, 3.05) is 25.6 Å². The van der Waals surface area contributed by atoms with Crippen molar-refractivity contribution in [1.82, 2.24) is 10.3 Å². The molecular weight excluding hydrogens is 368 g/mol. The second-order valence-electron chi connectivity index (χ2n) is 6.77. The Kier molecular flexibility index (Phi) is 5.65.